The normalized spacial score (nSPS) is 10.7. The second kappa shape index (κ2) is 10.5. The zero-order valence-electron chi connectivity index (χ0n) is 14.7. The number of carbonyl (C=O) groups is 2. The zero-order valence-corrected chi connectivity index (χ0v) is 17.9. The Labute approximate surface area is 208 Å². The van der Waals surface area contributed by atoms with E-state index < -0.39 is 24.2 Å². The van der Waals surface area contributed by atoms with E-state index in [1.807, 2.05) is 24.4 Å². The van der Waals surface area contributed by atoms with E-state index >= 15 is 0 Å². The van der Waals surface area contributed by atoms with E-state index in [9.17, 15) is 22.8 Å². The van der Waals surface area contributed by atoms with Gasteiger partial charge in [-0.2, -0.15) is 13.2 Å². The number of alkyl halides is 3. The maximum atomic E-state index is 11.8. The molecule has 0 fully saturated rings. The molecule has 3 heterocycles. The van der Waals surface area contributed by atoms with Crippen molar-refractivity contribution in [2.45, 2.75) is 12.6 Å². The first-order chi connectivity index (χ1) is 13.4. The number of hydrogen-bond donors (Lipinski definition) is 0. The number of hydrogen-bond acceptors (Lipinski definition) is 5. The van der Waals surface area contributed by atoms with Gasteiger partial charge in [-0.05, 0) is 35.7 Å². The molecule has 4 rings (SSSR count). The first kappa shape index (κ1) is 23.7. The zero-order chi connectivity index (χ0) is 20.1. The molecule has 4 nitrogen and oxygen atoms in total. The van der Waals surface area contributed by atoms with Gasteiger partial charge in [0.1, 0.15) is 0 Å². The van der Waals surface area contributed by atoms with Crippen LogP contribution in [0.25, 0.3) is 21.8 Å². The van der Waals surface area contributed by atoms with Crippen molar-refractivity contribution in [1.29, 1.82) is 0 Å². The molecule has 4 aromatic rings. The van der Waals surface area contributed by atoms with E-state index in [2.05, 4.69) is 28.2 Å². The van der Waals surface area contributed by atoms with Gasteiger partial charge < -0.3 is 0 Å². The minimum Gasteiger partial charge on any atom is -0.293 e. The van der Waals surface area contributed by atoms with Gasteiger partial charge >= 0.3 is 6.18 Å². The molecule has 1 radical (unpaired) electrons. The third-order valence-corrected chi connectivity index (χ3v) is 4.70. The number of nitrogens with zero attached hydrogens (tertiary/aromatic N) is 2. The number of pyridine rings is 2. The van der Waals surface area contributed by atoms with Crippen molar-refractivity contribution in [2.75, 3.05) is 0 Å². The fraction of sp³-hybridized carbons (Fsp3) is 0.100. The topological polar surface area (TPSA) is 59.9 Å². The first-order valence-corrected chi connectivity index (χ1v) is 8.99. The third kappa shape index (κ3) is 6.21. The summed E-state index contributed by atoms with van der Waals surface area (Å²) in [4.78, 5) is 30.3. The van der Waals surface area contributed by atoms with E-state index in [1.54, 1.807) is 11.6 Å². The number of thiophene rings is 1. The molecule has 0 aliphatic rings. The van der Waals surface area contributed by atoms with Gasteiger partial charge in [0.2, 0.25) is 5.78 Å². The Balaban J connectivity index is 0.000000200. The summed E-state index contributed by atoms with van der Waals surface area (Å²) in [5, 5.41) is 3.84. The van der Waals surface area contributed by atoms with Gasteiger partial charge in [-0.25, -0.2) is 0 Å². The summed E-state index contributed by atoms with van der Waals surface area (Å²) in [5.41, 5.74) is 2.02. The molecule has 0 N–H and O–H groups in total. The summed E-state index contributed by atoms with van der Waals surface area (Å²) in [6.45, 7) is 0. The average molecular weight is 554 g/mol. The standard InChI is InChI=1S/C12H8N2.C8H5F3O2S.Eu/c1-3-9-5-6-11-10(4-2-7-13-11)12(9)14-8-1;9-8(10,11)7(13)4-5(12)6-2-1-3-14-6;/h1-8H;1-3H,4H2;. The molecule has 0 spiro atoms. The Morgan fingerprint density at radius 3 is 2.34 bits per heavy atom. The van der Waals surface area contributed by atoms with Crippen LogP contribution < -0.4 is 0 Å². The SMILES string of the molecule is O=C(CC(=O)C(F)(F)F)c1cccs1.[Eu].c1cnc2c(c1)ccc1ncccc12. The molecule has 149 valence electrons. The number of benzene rings is 1. The molecular formula is C20H13EuF3N2O2S. The summed E-state index contributed by atoms with van der Waals surface area (Å²) in [6, 6.07) is 15.0. The van der Waals surface area contributed by atoms with Crippen molar-refractivity contribution in [1.82, 2.24) is 9.97 Å². The number of fused-ring (bicyclic) bond motifs is 3. The van der Waals surface area contributed by atoms with Gasteiger partial charge in [-0.3, -0.25) is 19.6 Å². The van der Waals surface area contributed by atoms with Crippen LogP contribution in [0.15, 0.2) is 66.3 Å². The fourth-order valence-corrected chi connectivity index (χ4v) is 3.13. The Hall–Kier alpha value is -1.55. The Morgan fingerprint density at radius 1 is 0.931 bits per heavy atom. The largest absolute Gasteiger partial charge is 0.450 e. The third-order valence-electron chi connectivity index (χ3n) is 3.79. The molecular weight excluding hydrogens is 541 g/mol. The van der Waals surface area contributed by atoms with Crippen LogP contribution >= 0.6 is 11.3 Å². The average Bonchev–Trinajstić information content (AvgIpc) is 3.23. The van der Waals surface area contributed by atoms with Gasteiger partial charge in [-0.1, -0.05) is 18.2 Å². The quantitative estimate of drug-likeness (QED) is 0.198. The minimum absolute atomic E-state index is 0. The van der Waals surface area contributed by atoms with E-state index in [4.69, 9.17) is 0 Å². The summed E-state index contributed by atoms with van der Waals surface area (Å²) in [5.74, 6) is -2.79. The second-order valence-corrected chi connectivity index (χ2v) is 6.66. The Bertz CT molecular complexity index is 1080. The Morgan fingerprint density at radius 2 is 1.66 bits per heavy atom. The fourth-order valence-electron chi connectivity index (χ4n) is 2.47. The van der Waals surface area contributed by atoms with Gasteiger partial charge in [-0.15, -0.1) is 11.3 Å². The van der Waals surface area contributed by atoms with Crippen molar-refractivity contribution in [3.63, 3.8) is 0 Å². The van der Waals surface area contributed by atoms with E-state index in [0.717, 1.165) is 33.1 Å². The number of halogens is 3. The van der Waals surface area contributed by atoms with Crippen molar-refractivity contribution in [3.05, 3.63) is 71.2 Å². The van der Waals surface area contributed by atoms with Gasteiger partial charge in [0, 0.05) is 72.5 Å². The van der Waals surface area contributed by atoms with Gasteiger partial charge in [0.15, 0.2) is 5.78 Å². The number of rotatable bonds is 3. The van der Waals surface area contributed by atoms with Crippen molar-refractivity contribution < 1.29 is 72.1 Å². The molecule has 0 bridgehead atoms. The van der Waals surface area contributed by atoms with Crippen molar-refractivity contribution in [2.24, 2.45) is 0 Å². The predicted molar refractivity (Wildman–Crippen MR) is 101 cm³/mol. The number of carbonyl (C=O) groups excluding carboxylic acids is 2. The molecule has 3 aromatic heterocycles. The summed E-state index contributed by atoms with van der Waals surface area (Å²) in [6.07, 6.45) is -2.41. The molecule has 1 aromatic carbocycles. The van der Waals surface area contributed by atoms with Gasteiger partial charge in [0.25, 0.3) is 0 Å². The smallest absolute Gasteiger partial charge is 0.293 e. The molecule has 29 heavy (non-hydrogen) atoms. The number of aromatic nitrogens is 2. The second-order valence-electron chi connectivity index (χ2n) is 5.71. The van der Waals surface area contributed by atoms with Crippen molar-refractivity contribution >= 4 is 44.7 Å². The van der Waals surface area contributed by atoms with Crippen LogP contribution in [0.1, 0.15) is 16.1 Å². The van der Waals surface area contributed by atoms with Crippen LogP contribution in [0.2, 0.25) is 0 Å². The molecule has 0 saturated heterocycles. The van der Waals surface area contributed by atoms with E-state index in [1.165, 1.54) is 12.1 Å². The molecule has 0 aliphatic carbocycles. The van der Waals surface area contributed by atoms with Crippen LogP contribution in [0.4, 0.5) is 13.2 Å². The van der Waals surface area contributed by atoms with Gasteiger partial charge in [0.05, 0.1) is 22.3 Å². The van der Waals surface area contributed by atoms with Crippen LogP contribution in [-0.2, 0) is 4.79 Å². The van der Waals surface area contributed by atoms with Crippen molar-refractivity contribution in [3.8, 4) is 0 Å². The summed E-state index contributed by atoms with van der Waals surface area (Å²) in [7, 11) is 0. The number of Topliss-reactive ketones (excluding diaryl/α,β-unsaturated/α-hetero) is 2. The number of ketones is 2. The first-order valence-electron chi connectivity index (χ1n) is 8.11. The molecule has 0 unspecified atom stereocenters. The summed E-state index contributed by atoms with van der Waals surface area (Å²) >= 11 is 1.01. The monoisotopic (exact) mass is 555 g/mol. The Kier molecular flexibility index (Phi) is 8.57. The van der Waals surface area contributed by atoms with Crippen LogP contribution in [0.5, 0.6) is 0 Å². The maximum absolute atomic E-state index is 11.8. The predicted octanol–water partition coefficient (Wildman–Crippen LogP) is 5.24. The molecule has 0 amide bonds. The molecule has 0 atom stereocenters. The van der Waals surface area contributed by atoms with Crippen LogP contribution in [0, 0.1) is 49.4 Å². The van der Waals surface area contributed by atoms with E-state index in [-0.39, 0.29) is 54.3 Å². The molecule has 9 heteroatoms. The van der Waals surface area contributed by atoms with Crippen LogP contribution in [-0.4, -0.2) is 27.7 Å². The minimum atomic E-state index is -4.92. The maximum Gasteiger partial charge on any atom is 0.450 e. The molecule has 0 saturated carbocycles. The molecule has 0 aliphatic heterocycles. The summed E-state index contributed by atoms with van der Waals surface area (Å²) < 4.78 is 35.3. The van der Waals surface area contributed by atoms with E-state index in [0.29, 0.717) is 0 Å². The van der Waals surface area contributed by atoms with Crippen LogP contribution in [0.3, 0.4) is 0 Å².